The third-order valence-electron chi connectivity index (χ3n) is 6.84. The lowest BCUT2D eigenvalue weighted by molar-refractivity contribution is -0.145. The fourth-order valence-electron chi connectivity index (χ4n) is 5.42. The minimum atomic E-state index is -0.368. The van der Waals surface area contributed by atoms with E-state index in [1.54, 1.807) is 49.6 Å². The molecule has 2 aliphatic carbocycles. The monoisotopic (exact) mass is 436 g/mol. The number of carbonyl (C=O) groups is 3. The lowest BCUT2D eigenvalue weighted by atomic mass is 9.79. The third kappa shape index (κ3) is 3.36. The first-order valence-corrected chi connectivity index (χ1v) is 10.6. The summed E-state index contributed by atoms with van der Waals surface area (Å²) in [5.41, 5.74) is 1.40. The predicted octanol–water partition coefficient (Wildman–Crippen LogP) is 3.09. The number of esters is 1. The number of ether oxygens (including phenoxy) is 3. The molecule has 2 aromatic rings. The van der Waals surface area contributed by atoms with Gasteiger partial charge < -0.3 is 24.8 Å². The topological polar surface area (TPSA) is 103 Å². The van der Waals surface area contributed by atoms with Gasteiger partial charge in [0.1, 0.15) is 17.6 Å². The Bertz CT molecular complexity index is 1100. The normalized spacial score (nSPS) is 27.1. The highest BCUT2D eigenvalue weighted by Crippen LogP contribution is 2.57. The zero-order valence-corrected chi connectivity index (χ0v) is 17.8. The van der Waals surface area contributed by atoms with Gasteiger partial charge in [0.2, 0.25) is 5.91 Å². The van der Waals surface area contributed by atoms with Crippen molar-refractivity contribution < 1.29 is 28.6 Å². The zero-order chi connectivity index (χ0) is 22.4. The molecule has 5 atom stereocenters. The van der Waals surface area contributed by atoms with Crippen LogP contribution in [0.1, 0.15) is 23.2 Å². The Morgan fingerprint density at radius 1 is 1.03 bits per heavy atom. The molecule has 8 heteroatoms. The van der Waals surface area contributed by atoms with Crippen molar-refractivity contribution in [2.24, 2.45) is 23.7 Å². The summed E-state index contributed by atoms with van der Waals surface area (Å²) < 4.78 is 15.9. The molecule has 0 radical (unpaired) electrons. The number of amides is 2. The van der Waals surface area contributed by atoms with Gasteiger partial charge in [-0.15, -0.1) is 0 Å². The van der Waals surface area contributed by atoms with Gasteiger partial charge in [-0.1, -0.05) is 6.07 Å². The van der Waals surface area contributed by atoms with E-state index >= 15 is 0 Å². The minimum absolute atomic E-state index is 0.0106. The second-order valence-electron chi connectivity index (χ2n) is 8.51. The number of anilines is 2. The van der Waals surface area contributed by atoms with Crippen LogP contribution in [0.5, 0.6) is 11.5 Å². The van der Waals surface area contributed by atoms with Crippen LogP contribution in [0, 0.1) is 23.7 Å². The largest absolute Gasteiger partial charge is 0.497 e. The van der Waals surface area contributed by atoms with Crippen molar-refractivity contribution in [1.82, 2.24) is 0 Å². The Balaban J connectivity index is 1.29. The smallest absolute Gasteiger partial charge is 0.310 e. The van der Waals surface area contributed by atoms with E-state index in [9.17, 15) is 14.4 Å². The minimum Gasteiger partial charge on any atom is -0.497 e. The fraction of sp³-hybridized carbons (Fsp3) is 0.375. The molecule has 2 bridgehead atoms. The van der Waals surface area contributed by atoms with Gasteiger partial charge in [0.25, 0.3) is 5.91 Å². The molecule has 3 fully saturated rings. The average molecular weight is 436 g/mol. The first-order chi connectivity index (χ1) is 15.5. The van der Waals surface area contributed by atoms with Crippen LogP contribution in [0.25, 0.3) is 0 Å². The highest BCUT2D eigenvalue weighted by atomic mass is 16.6. The van der Waals surface area contributed by atoms with Crippen molar-refractivity contribution in [3.63, 3.8) is 0 Å². The van der Waals surface area contributed by atoms with Gasteiger partial charge in [-0.05, 0) is 49.1 Å². The van der Waals surface area contributed by atoms with Gasteiger partial charge in [0.05, 0.1) is 31.7 Å². The Morgan fingerprint density at radius 3 is 2.66 bits per heavy atom. The highest BCUT2D eigenvalue weighted by Gasteiger charge is 2.63. The number of rotatable bonds is 6. The summed E-state index contributed by atoms with van der Waals surface area (Å²) >= 11 is 0. The lowest BCUT2D eigenvalue weighted by Crippen LogP contribution is -2.35. The molecule has 1 aliphatic heterocycles. The fourth-order valence-corrected chi connectivity index (χ4v) is 5.42. The second-order valence-corrected chi connectivity index (χ2v) is 8.51. The van der Waals surface area contributed by atoms with E-state index < -0.39 is 0 Å². The van der Waals surface area contributed by atoms with E-state index in [0.29, 0.717) is 28.4 Å². The predicted molar refractivity (Wildman–Crippen MR) is 116 cm³/mol. The van der Waals surface area contributed by atoms with Crippen molar-refractivity contribution >= 4 is 29.2 Å². The molecule has 3 aliphatic rings. The second kappa shape index (κ2) is 7.85. The van der Waals surface area contributed by atoms with Crippen LogP contribution in [0.3, 0.4) is 0 Å². The maximum absolute atomic E-state index is 13.0. The molecular formula is C24H24N2O6. The van der Waals surface area contributed by atoms with Gasteiger partial charge >= 0.3 is 5.97 Å². The number of benzene rings is 2. The maximum atomic E-state index is 13.0. The summed E-state index contributed by atoms with van der Waals surface area (Å²) in [6, 6.07) is 11.8. The van der Waals surface area contributed by atoms with E-state index in [2.05, 4.69) is 10.6 Å². The van der Waals surface area contributed by atoms with E-state index in [1.165, 1.54) is 7.11 Å². The summed E-state index contributed by atoms with van der Waals surface area (Å²) in [7, 11) is 3.07. The molecule has 8 nitrogen and oxygen atoms in total. The standard InChI is InChI=1S/C24H24N2O6/c1-30-15-6-7-17(19(11-15)31-2)26-22(27)12-4-3-5-14(8-12)25-23(28)20-13-9-16-18(10-13)32-24(29)21(16)20/h3-8,11,13,16,18,20-21H,9-10H2,1-2H3,(H,25,28)(H,26,27)/t13-,16-,18+,20-,21-/m0/s1. The zero-order valence-electron chi connectivity index (χ0n) is 17.8. The van der Waals surface area contributed by atoms with Crippen molar-refractivity contribution in [1.29, 1.82) is 0 Å². The first kappa shape index (κ1) is 20.4. The molecule has 0 spiro atoms. The number of hydrogen-bond acceptors (Lipinski definition) is 6. The number of carbonyl (C=O) groups excluding carboxylic acids is 3. The summed E-state index contributed by atoms with van der Waals surface area (Å²) in [5, 5.41) is 5.72. The van der Waals surface area contributed by atoms with Crippen LogP contribution < -0.4 is 20.1 Å². The number of hydrogen-bond donors (Lipinski definition) is 2. The SMILES string of the molecule is COc1ccc(NC(=O)c2cccc(NC(=O)[C@H]3[C@H]4C[C@@H]5[C@@H]3C(=O)O[C@@H]5C4)c2)c(OC)c1. The van der Waals surface area contributed by atoms with Gasteiger partial charge in [-0.2, -0.15) is 0 Å². The molecule has 2 N–H and O–H groups in total. The van der Waals surface area contributed by atoms with Crippen LogP contribution in [0.2, 0.25) is 0 Å². The van der Waals surface area contributed by atoms with Crippen molar-refractivity contribution in [3.8, 4) is 11.5 Å². The van der Waals surface area contributed by atoms with E-state index in [0.717, 1.165) is 12.8 Å². The summed E-state index contributed by atoms with van der Waals surface area (Å²) in [6.07, 6.45) is 1.62. The molecule has 32 heavy (non-hydrogen) atoms. The molecule has 0 aromatic heterocycles. The Kier molecular flexibility index (Phi) is 5.00. The third-order valence-corrected chi connectivity index (χ3v) is 6.84. The molecule has 1 heterocycles. The number of methoxy groups -OCH3 is 2. The molecule has 2 amide bonds. The molecule has 2 aromatic carbocycles. The summed E-state index contributed by atoms with van der Waals surface area (Å²) in [6.45, 7) is 0. The van der Waals surface area contributed by atoms with E-state index in [1.807, 2.05) is 0 Å². The van der Waals surface area contributed by atoms with Crippen LogP contribution in [0.4, 0.5) is 11.4 Å². The maximum Gasteiger partial charge on any atom is 0.310 e. The lowest BCUT2D eigenvalue weighted by Gasteiger charge is -2.23. The van der Waals surface area contributed by atoms with Crippen LogP contribution >= 0.6 is 0 Å². The average Bonchev–Trinajstić information content (AvgIpc) is 3.42. The molecule has 2 saturated carbocycles. The number of fused-ring (bicyclic) bond motifs is 1. The quantitative estimate of drug-likeness (QED) is 0.675. The van der Waals surface area contributed by atoms with Crippen LogP contribution in [-0.2, 0) is 14.3 Å². The molecule has 1 saturated heterocycles. The number of nitrogens with one attached hydrogen (secondary N) is 2. The Hall–Kier alpha value is -3.55. The van der Waals surface area contributed by atoms with Gasteiger partial charge in [-0.3, -0.25) is 14.4 Å². The summed E-state index contributed by atoms with van der Waals surface area (Å²) in [5.74, 6) is -0.0548. The first-order valence-electron chi connectivity index (χ1n) is 10.6. The highest BCUT2D eigenvalue weighted by molar-refractivity contribution is 6.06. The van der Waals surface area contributed by atoms with Crippen LogP contribution in [0.15, 0.2) is 42.5 Å². The van der Waals surface area contributed by atoms with Gasteiger partial charge in [0.15, 0.2) is 0 Å². The molecular weight excluding hydrogens is 412 g/mol. The Labute approximate surface area is 185 Å². The Morgan fingerprint density at radius 2 is 1.88 bits per heavy atom. The van der Waals surface area contributed by atoms with Gasteiger partial charge in [-0.25, -0.2) is 0 Å². The van der Waals surface area contributed by atoms with Gasteiger partial charge in [0, 0.05) is 23.2 Å². The van der Waals surface area contributed by atoms with E-state index in [4.69, 9.17) is 14.2 Å². The van der Waals surface area contributed by atoms with Crippen molar-refractivity contribution in [2.75, 3.05) is 24.9 Å². The van der Waals surface area contributed by atoms with Crippen molar-refractivity contribution in [2.45, 2.75) is 18.9 Å². The molecule has 5 rings (SSSR count). The van der Waals surface area contributed by atoms with Crippen molar-refractivity contribution in [3.05, 3.63) is 48.0 Å². The molecule has 166 valence electrons. The molecule has 0 unspecified atom stereocenters. The van der Waals surface area contributed by atoms with Crippen LogP contribution in [-0.4, -0.2) is 38.1 Å². The van der Waals surface area contributed by atoms with E-state index in [-0.39, 0.29) is 47.6 Å². The summed E-state index contributed by atoms with van der Waals surface area (Å²) in [4.78, 5) is 38.0.